The molecule has 2 aliphatic rings. The van der Waals surface area contributed by atoms with Crippen molar-refractivity contribution in [2.75, 3.05) is 13.2 Å². The molecule has 6 aromatic rings. The van der Waals surface area contributed by atoms with Gasteiger partial charge in [0.25, 0.3) is 0 Å². The Hall–Kier alpha value is -4.57. The highest BCUT2D eigenvalue weighted by molar-refractivity contribution is 6.76. The van der Waals surface area contributed by atoms with Crippen LogP contribution in [0.4, 0.5) is 0 Å². The van der Waals surface area contributed by atoms with Gasteiger partial charge < -0.3 is 23.4 Å². The molecule has 0 aliphatic heterocycles. The highest BCUT2D eigenvalue weighted by atomic mass is 28.3. The molecule has 8 rings (SSSR count). The van der Waals surface area contributed by atoms with E-state index in [0.717, 1.165) is 103 Å². The Labute approximate surface area is 342 Å². The van der Waals surface area contributed by atoms with Crippen LogP contribution in [0.1, 0.15) is 63.0 Å². The topological polar surface area (TPSA) is 155 Å². The van der Waals surface area contributed by atoms with E-state index in [9.17, 15) is 4.79 Å². The summed E-state index contributed by atoms with van der Waals surface area (Å²) in [5.74, 6) is 3.93. The minimum absolute atomic E-state index is 0.119. The predicted octanol–water partition coefficient (Wildman–Crippen LogP) is 8.32. The third kappa shape index (κ3) is 9.17. The molecule has 16 heteroatoms. The van der Waals surface area contributed by atoms with Crippen LogP contribution in [0.5, 0.6) is 0 Å². The first-order valence-electron chi connectivity index (χ1n) is 20.8. The van der Waals surface area contributed by atoms with Gasteiger partial charge in [0, 0.05) is 65.6 Å². The fourth-order valence-electron chi connectivity index (χ4n) is 8.58. The van der Waals surface area contributed by atoms with Gasteiger partial charge in [-0.25, -0.2) is 9.97 Å². The number of aldehydes is 1. The highest BCUT2D eigenvalue weighted by Crippen LogP contribution is 2.44. The molecular weight excluding hydrogens is 763 g/mol. The maximum Gasteiger partial charge on any atom is 0.179 e. The van der Waals surface area contributed by atoms with Crippen LogP contribution in [0.2, 0.25) is 51.4 Å². The molecule has 0 bridgehead atoms. The Morgan fingerprint density at radius 1 is 0.724 bits per heavy atom. The van der Waals surface area contributed by atoms with Crippen LogP contribution < -0.4 is 0 Å². The number of allylic oxidation sites excluding steroid dienone is 2. The number of hydrogen-bond donors (Lipinski definition) is 0. The zero-order valence-electron chi connectivity index (χ0n) is 35.4. The molecule has 2 fully saturated rings. The van der Waals surface area contributed by atoms with Crippen LogP contribution in [0, 0.1) is 35.0 Å². The molecule has 6 aromatic heterocycles. The lowest BCUT2D eigenvalue weighted by Crippen LogP contribution is -2.22. The number of fused-ring (bicyclic) bond motifs is 6. The summed E-state index contributed by atoms with van der Waals surface area (Å²) in [6.45, 7) is 21.2. The average molecular weight is 822 g/mol. The van der Waals surface area contributed by atoms with Gasteiger partial charge in [-0.2, -0.15) is 5.26 Å². The van der Waals surface area contributed by atoms with Crippen molar-refractivity contribution in [3.63, 3.8) is 0 Å². The molecule has 0 amide bonds. The van der Waals surface area contributed by atoms with Gasteiger partial charge in [-0.15, -0.1) is 20.4 Å². The Balaban J connectivity index is 0.000000177. The number of hydrogen-bond acceptors (Lipinski definition) is 10. The van der Waals surface area contributed by atoms with E-state index < -0.39 is 16.1 Å². The molecule has 6 heterocycles. The number of carbonyl (C=O) groups is 1. The molecule has 58 heavy (non-hydrogen) atoms. The average Bonchev–Trinajstić information content (AvgIpc) is 4.03. The third-order valence-corrected chi connectivity index (χ3v) is 15.3. The molecule has 308 valence electrons. The summed E-state index contributed by atoms with van der Waals surface area (Å²) >= 11 is 0. The summed E-state index contributed by atoms with van der Waals surface area (Å²) in [5, 5.41) is 26.6. The van der Waals surface area contributed by atoms with Crippen molar-refractivity contribution in [3.05, 3.63) is 60.7 Å². The zero-order chi connectivity index (χ0) is 41.2. The molecule has 0 saturated heterocycles. The van der Waals surface area contributed by atoms with E-state index in [-0.39, 0.29) is 11.8 Å². The maximum absolute atomic E-state index is 11.3. The van der Waals surface area contributed by atoms with E-state index in [1.807, 2.05) is 23.0 Å². The van der Waals surface area contributed by atoms with E-state index in [4.69, 9.17) is 14.7 Å². The first-order valence-corrected chi connectivity index (χ1v) is 28.2. The van der Waals surface area contributed by atoms with Crippen LogP contribution in [-0.2, 0) is 27.7 Å². The van der Waals surface area contributed by atoms with Crippen molar-refractivity contribution in [3.8, 4) is 6.07 Å². The summed E-state index contributed by atoms with van der Waals surface area (Å²) < 4.78 is 20.2. The van der Waals surface area contributed by atoms with Crippen molar-refractivity contribution in [2.24, 2.45) is 23.7 Å². The lowest BCUT2D eigenvalue weighted by Gasteiger charge is -2.16. The second-order valence-corrected chi connectivity index (χ2v) is 30.2. The van der Waals surface area contributed by atoms with E-state index in [1.54, 1.807) is 18.5 Å². The molecule has 2 saturated carbocycles. The van der Waals surface area contributed by atoms with Gasteiger partial charge in [0.2, 0.25) is 0 Å². The zero-order valence-corrected chi connectivity index (χ0v) is 37.4. The number of nitriles is 1. The Morgan fingerprint density at radius 3 is 1.62 bits per heavy atom. The largest absolute Gasteiger partial charge is 0.361 e. The number of ether oxygens (including phenoxy) is 2. The van der Waals surface area contributed by atoms with E-state index in [0.29, 0.717) is 37.1 Å². The molecule has 0 radical (unpaired) electrons. The number of carbonyl (C=O) groups excluding carboxylic acids is 1. The molecule has 6 unspecified atom stereocenters. The van der Waals surface area contributed by atoms with Gasteiger partial charge >= 0.3 is 0 Å². The van der Waals surface area contributed by atoms with Gasteiger partial charge in [0.05, 0.1) is 29.5 Å². The maximum atomic E-state index is 11.3. The van der Waals surface area contributed by atoms with E-state index in [2.05, 4.69) is 115 Å². The van der Waals surface area contributed by atoms with E-state index in [1.165, 1.54) is 0 Å². The van der Waals surface area contributed by atoms with Crippen LogP contribution in [0.15, 0.2) is 49.1 Å². The summed E-state index contributed by atoms with van der Waals surface area (Å²) in [7, 11) is -2.19. The fourth-order valence-corrected chi connectivity index (χ4v) is 10.1. The fraction of sp³-hybridized carbons (Fsp3) is 0.571. The molecular formula is C42H59N11O3Si2. The summed E-state index contributed by atoms with van der Waals surface area (Å²) in [6, 6.07) is 8.55. The van der Waals surface area contributed by atoms with Crippen molar-refractivity contribution < 1.29 is 14.3 Å². The first kappa shape index (κ1) is 41.6. The van der Waals surface area contributed by atoms with Crippen molar-refractivity contribution in [1.82, 2.24) is 48.3 Å². The second kappa shape index (κ2) is 17.3. The Morgan fingerprint density at radius 2 is 1.19 bits per heavy atom. The molecule has 0 N–H and O–H groups in total. The van der Waals surface area contributed by atoms with Crippen molar-refractivity contribution >= 4 is 56.1 Å². The third-order valence-electron chi connectivity index (χ3n) is 11.9. The lowest BCUT2D eigenvalue weighted by molar-refractivity contribution is -0.111. The SMILES string of the molecule is CC1CC(C=CC#N)CC1c1nnc2cnc3c(ccn3COCC[Si](C)(C)C)n12.CC1CC(C=O)CC1c1nnc2cnc3c(ccn3COCC[Si](C)(C)C)n12. The molecule has 2 aliphatic carbocycles. The van der Waals surface area contributed by atoms with Gasteiger partial charge in [0.15, 0.2) is 22.6 Å². The van der Waals surface area contributed by atoms with Crippen molar-refractivity contribution in [1.29, 1.82) is 5.26 Å². The van der Waals surface area contributed by atoms with Gasteiger partial charge in [-0.3, -0.25) is 8.80 Å². The molecule has 0 spiro atoms. The van der Waals surface area contributed by atoms with Crippen molar-refractivity contribution in [2.45, 2.75) is 116 Å². The van der Waals surface area contributed by atoms with Crippen LogP contribution >= 0.6 is 0 Å². The Bertz CT molecular complexity index is 2430. The van der Waals surface area contributed by atoms with Crippen LogP contribution in [0.25, 0.3) is 33.6 Å². The standard InChI is InChI=1S/C22H30N6OSi.C20H29N5O2Si/c1-16-12-17(6-5-8-23)13-18(16)21-26-25-20-14-24-22-19(28(20)21)7-9-27(22)15-29-10-11-30(2,3)4;1-14-9-15(12-26)10-16(14)19-23-22-18-11-21-20-17(25(18)19)5-6-24(20)13-27-7-8-28(2,3)4/h5-7,9,14,16-18H,10-13,15H2,1-4H3;5-6,11-12,14-16H,7-10,13H2,1-4H3. The quantitative estimate of drug-likeness (QED) is 0.0453. The predicted molar refractivity (Wildman–Crippen MR) is 231 cm³/mol. The summed E-state index contributed by atoms with van der Waals surface area (Å²) in [5.41, 5.74) is 5.31. The number of aromatic nitrogens is 10. The Kier molecular flexibility index (Phi) is 12.4. The van der Waals surface area contributed by atoms with E-state index >= 15 is 0 Å². The summed E-state index contributed by atoms with van der Waals surface area (Å²) in [4.78, 5) is 20.5. The van der Waals surface area contributed by atoms with Gasteiger partial charge in [-0.05, 0) is 67.7 Å². The normalized spacial score (nSPS) is 22.7. The van der Waals surface area contributed by atoms with Gasteiger partial charge in [-0.1, -0.05) is 59.2 Å². The molecule has 6 atom stereocenters. The highest BCUT2D eigenvalue weighted by Gasteiger charge is 2.36. The lowest BCUT2D eigenvalue weighted by atomic mass is 9.97. The smallest absolute Gasteiger partial charge is 0.179 e. The number of nitrogens with zero attached hydrogens (tertiary/aromatic N) is 11. The second-order valence-electron chi connectivity index (χ2n) is 19.0. The molecule has 14 nitrogen and oxygen atoms in total. The minimum Gasteiger partial charge on any atom is -0.361 e. The minimum atomic E-state index is -1.10. The number of rotatable bonds is 14. The van der Waals surface area contributed by atoms with Gasteiger partial charge in [0.1, 0.15) is 31.4 Å². The molecule has 0 aromatic carbocycles. The van der Waals surface area contributed by atoms with Crippen LogP contribution in [0.3, 0.4) is 0 Å². The monoisotopic (exact) mass is 821 g/mol. The van der Waals surface area contributed by atoms with Crippen LogP contribution in [-0.4, -0.2) is 83.9 Å². The first-order chi connectivity index (χ1) is 27.7. The summed E-state index contributed by atoms with van der Waals surface area (Å²) in [6.07, 6.45) is 16.2.